The van der Waals surface area contributed by atoms with Gasteiger partial charge in [-0.25, -0.2) is 0 Å². The number of ether oxygens (including phenoxy) is 1. The second-order valence-corrected chi connectivity index (χ2v) is 9.39. The number of carbonyl (C=O) groups is 1. The van der Waals surface area contributed by atoms with Crippen LogP contribution in [-0.4, -0.2) is 18.6 Å². The van der Waals surface area contributed by atoms with Crippen molar-refractivity contribution >= 4 is 29.1 Å². The Labute approximate surface area is 182 Å². The molecule has 0 radical (unpaired) electrons. The molecule has 154 valence electrons. The van der Waals surface area contributed by atoms with E-state index < -0.39 is 0 Å². The number of halogens is 2. The van der Waals surface area contributed by atoms with Gasteiger partial charge in [-0.15, -0.1) is 0 Å². The van der Waals surface area contributed by atoms with Gasteiger partial charge in [0.1, 0.15) is 5.75 Å². The summed E-state index contributed by atoms with van der Waals surface area (Å²) in [6, 6.07) is 14.2. The molecular formula is C24H27Cl2NO2. The standard InChI is InChI=1S/C24H27Cl2NO2/c1-4-29-17-9-10-18(20(26)13-17)19-11-12-24(3)22(14(2)27-23(24)28)21(19)15-5-7-16(25)8-6-15/h5-10,13-14,19,21-22H,4,11-12H2,1-3H3,(H,27,28)/t14?,19?,21?,22?,24-/m0/s1. The molecule has 5 heteroatoms. The zero-order chi connectivity index (χ0) is 20.8. The quantitative estimate of drug-likeness (QED) is 0.625. The molecule has 4 unspecified atom stereocenters. The van der Waals surface area contributed by atoms with E-state index in [2.05, 4.69) is 37.4 Å². The topological polar surface area (TPSA) is 38.3 Å². The van der Waals surface area contributed by atoms with E-state index in [1.54, 1.807) is 0 Å². The van der Waals surface area contributed by atoms with E-state index in [9.17, 15) is 4.79 Å². The number of amides is 1. The van der Waals surface area contributed by atoms with Crippen molar-refractivity contribution < 1.29 is 9.53 Å². The third-order valence-corrected chi connectivity index (χ3v) is 7.46. The third kappa shape index (κ3) is 3.53. The Morgan fingerprint density at radius 3 is 2.55 bits per heavy atom. The highest BCUT2D eigenvalue weighted by atomic mass is 35.5. The Kier molecular flexibility index (Phi) is 5.56. The summed E-state index contributed by atoms with van der Waals surface area (Å²) in [4.78, 5) is 12.8. The first-order valence-electron chi connectivity index (χ1n) is 10.3. The fraction of sp³-hybridized carbons (Fsp3) is 0.458. The average molecular weight is 432 g/mol. The average Bonchev–Trinajstić information content (AvgIpc) is 2.91. The molecule has 3 nitrogen and oxygen atoms in total. The summed E-state index contributed by atoms with van der Waals surface area (Å²) >= 11 is 12.9. The highest BCUT2D eigenvalue weighted by Crippen LogP contribution is 2.59. The van der Waals surface area contributed by atoms with Crippen LogP contribution in [0.4, 0.5) is 0 Å². The van der Waals surface area contributed by atoms with Crippen LogP contribution in [0.3, 0.4) is 0 Å². The van der Waals surface area contributed by atoms with E-state index >= 15 is 0 Å². The molecular weight excluding hydrogens is 405 g/mol. The van der Waals surface area contributed by atoms with Crippen LogP contribution in [0.25, 0.3) is 0 Å². The molecule has 2 fully saturated rings. The van der Waals surface area contributed by atoms with Gasteiger partial charge in [-0.2, -0.15) is 0 Å². The molecule has 1 aliphatic heterocycles. The molecule has 0 spiro atoms. The number of benzene rings is 2. The number of rotatable bonds is 4. The van der Waals surface area contributed by atoms with Gasteiger partial charge >= 0.3 is 0 Å². The van der Waals surface area contributed by atoms with Crippen LogP contribution in [0.1, 0.15) is 56.6 Å². The van der Waals surface area contributed by atoms with E-state index in [-0.39, 0.29) is 35.1 Å². The zero-order valence-electron chi connectivity index (χ0n) is 17.0. The number of fused-ring (bicyclic) bond motifs is 1. The lowest BCUT2D eigenvalue weighted by Gasteiger charge is -2.46. The SMILES string of the molecule is CCOc1ccc(C2CC[C@]3(C)C(=O)NC(C)C3C2c2ccc(Cl)cc2)c(Cl)c1. The minimum Gasteiger partial charge on any atom is -0.494 e. The van der Waals surface area contributed by atoms with Crippen LogP contribution in [0.5, 0.6) is 5.75 Å². The Hall–Kier alpha value is -1.71. The molecule has 1 N–H and O–H groups in total. The zero-order valence-corrected chi connectivity index (χ0v) is 18.6. The molecule has 5 atom stereocenters. The molecule has 4 rings (SSSR count). The Morgan fingerprint density at radius 2 is 1.90 bits per heavy atom. The lowest BCUT2D eigenvalue weighted by molar-refractivity contribution is -0.129. The minimum absolute atomic E-state index is 0.109. The number of carbonyl (C=O) groups excluding carboxylic acids is 1. The van der Waals surface area contributed by atoms with E-state index in [1.807, 2.05) is 31.2 Å². The van der Waals surface area contributed by atoms with Crippen molar-refractivity contribution in [3.63, 3.8) is 0 Å². The van der Waals surface area contributed by atoms with Gasteiger partial charge in [0.15, 0.2) is 0 Å². The number of nitrogens with one attached hydrogen (secondary N) is 1. The molecule has 2 aliphatic rings. The lowest BCUT2D eigenvalue weighted by Crippen LogP contribution is -2.42. The van der Waals surface area contributed by atoms with Gasteiger partial charge < -0.3 is 10.1 Å². The normalized spacial score (nSPS) is 31.3. The van der Waals surface area contributed by atoms with Crippen molar-refractivity contribution in [1.29, 1.82) is 0 Å². The summed E-state index contributed by atoms with van der Waals surface area (Å²) < 4.78 is 5.62. The van der Waals surface area contributed by atoms with Gasteiger partial charge in [-0.3, -0.25) is 4.79 Å². The van der Waals surface area contributed by atoms with Gasteiger partial charge in [-0.1, -0.05) is 48.3 Å². The summed E-state index contributed by atoms with van der Waals surface area (Å²) in [5.74, 6) is 1.56. The second kappa shape index (κ2) is 7.85. The summed E-state index contributed by atoms with van der Waals surface area (Å²) in [5.41, 5.74) is 1.98. The molecule has 0 bridgehead atoms. The molecule has 1 amide bonds. The summed E-state index contributed by atoms with van der Waals surface area (Å²) in [7, 11) is 0. The number of hydrogen-bond donors (Lipinski definition) is 1. The van der Waals surface area contributed by atoms with Crippen LogP contribution < -0.4 is 10.1 Å². The molecule has 2 aromatic rings. The van der Waals surface area contributed by atoms with E-state index in [0.29, 0.717) is 6.61 Å². The van der Waals surface area contributed by atoms with E-state index in [4.69, 9.17) is 27.9 Å². The third-order valence-electron chi connectivity index (χ3n) is 6.88. The molecule has 1 aliphatic carbocycles. The lowest BCUT2D eigenvalue weighted by atomic mass is 9.56. The maximum absolute atomic E-state index is 12.8. The molecule has 1 heterocycles. The van der Waals surface area contributed by atoms with Crippen LogP contribution in [0.2, 0.25) is 10.0 Å². The Balaban J connectivity index is 1.80. The minimum atomic E-state index is -0.363. The van der Waals surface area contributed by atoms with Crippen molar-refractivity contribution in [2.75, 3.05) is 6.61 Å². The van der Waals surface area contributed by atoms with Crippen LogP contribution in [0.15, 0.2) is 42.5 Å². The smallest absolute Gasteiger partial charge is 0.226 e. The first kappa shape index (κ1) is 20.6. The van der Waals surface area contributed by atoms with Crippen molar-refractivity contribution in [2.24, 2.45) is 11.3 Å². The van der Waals surface area contributed by atoms with Gasteiger partial charge in [0, 0.05) is 22.0 Å². The van der Waals surface area contributed by atoms with Crippen molar-refractivity contribution in [3.05, 3.63) is 63.6 Å². The fourth-order valence-corrected chi connectivity index (χ4v) is 6.01. The van der Waals surface area contributed by atoms with Gasteiger partial charge in [0.2, 0.25) is 5.91 Å². The number of hydrogen-bond acceptors (Lipinski definition) is 2. The molecule has 1 saturated heterocycles. The predicted octanol–water partition coefficient (Wildman–Crippen LogP) is 6.19. The summed E-state index contributed by atoms with van der Waals surface area (Å²) in [6.07, 6.45) is 1.76. The van der Waals surface area contributed by atoms with Crippen LogP contribution >= 0.6 is 23.2 Å². The van der Waals surface area contributed by atoms with E-state index in [1.165, 1.54) is 5.56 Å². The summed E-state index contributed by atoms with van der Waals surface area (Å²) in [6.45, 7) is 6.82. The first-order valence-corrected chi connectivity index (χ1v) is 11.1. The van der Waals surface area contributed by atoms with Crippen molar-refractivity contribution in [3.8, 4) is 5.75 Å². The Bertz CT molecular complexity index is 914. The molecule has 29 heavy (non-hydrogen) atoms. The maximum atomic E-state index is 12.8. The highest BCUT2D eigenvalue weighted by molar-refractivity contribution is 6.31. The van der Waals surface area contributed by atoms with E-state index in [0.717, 1.165) is 34.2 Å². The molecule has 1 saturated carbocycles. The molecule has 0 aromatic heterocycles. The van der Waals surface area contributed by atoms with Gasteiger partial charge in [-0.05, 0) is 73.9 Å². The summed E-state index contributed by atoms with van der Waals surface area (Å²) in [5, 5.41) is 4.65. The monoisotopic (exact) mass is 431 g/mol. The predicted molar refractivity (Wildman–Crippen MR) is 118 cm³/mol. The van der Waals surface area contributed by atoms with Crippen molar-refractivity contribution in [2.45, 2.75) is 51.5 Å². The molecule has 2 aromatic carbocycles. The fourth-order valence-electron chi connectivity index (χ4n) is 5.58. The van der Waals surface area contributed by atoms with Crippen LogP contribution in [0, 0.1) is 11.3 Å². The van der Waals surface area contributed by atoms with Gasteiger partial charge in [0.25, 0.3) is 0 Å². The maximum Gasteiger partial charge on any atom is 0.226 e. The first-order chi connectivity index (χ1) is 13.8. The van der Waals surface area contributed by atoms with Crippen molar-refractivity contribution in [1.82, 2.24) is 5.32 Å². The second-order valence-electron chi connectivity index (χ2n) is 8.54. The van der Waals surface area contributed by atoms with Crippen LogP contribution in [-0.2, 0) is 4.79 Å². The van der Waals surface area contributed by atoms with Gasteiger partial charge in [0.05, 0.1) is 12.0 Å². The Morgan fingerprint density at radius 1 is 1.17 bits per heavy atom. The highest BCUT2D eigenvalue weighted by Gasteiger charge is 2.57. The largest absolute Gasteiger partial charge is 0.494 e.